The van der Waals surface area contributed by atoms with Gasteiger partial charge in [-0.25, -0.2) is 0 Å². The fourth-order valence-electron chi connectivity index (χ4n) is 2.82. The Bertz CT molecular complexity index is 398. The minimum absolute atomic E-state index is 0.471. The van der Waals surface area contributed by atoms with Gasteiger partial charge in [0.1, 0.15) is 0 Å². The van der Waals surface area contributed by atoms with E-state index in [4.69, 9.17) is 10.5 Å². The molecule has 0 spiro atoms. The van der Waals surface area contributed by atoms with Gasteiger partial charge in [0.05, 0.1) is 13.2 Å². The molecule has 0 bridgehead atoms. The van der Waals surface area contributed by atoms with Crippen molar-refractivity contribution in [2.45, 2.75) is 19.3 Å². The molecule has 0 aliphatic carbocycles. The summed E-state index contributed by atoms with van der Waals surface area (Å²) in [7, 11) is -3.32. The summed E-state index contributed by atoms with van der Waals surface area (Å²) in [6.45, 7) is 6.67. The molecule has 124 valence electrons. The van der Waals surface area contributed by atoms with Crippen LogP contribution < -0.4 is 5.73 Å². The molecular weight excluding hydrogens is 292 g/mol. The maximum Gasteiger partial charge on any atom is 0.282 e. The van der Waals surface area contributed by atoms with E-state index in [1.54, 1.807) is 8.61 Å². The van der Waals surface area contributed by atoms with Crippen molar-refractivity contribution >= 4 is 10.2 Å². The van der Waals surface area contributed by atoms with Gasteiger partial charge in [-0.05, 0) is 38.9 Å². The van der Waals surface area contributed by atoms with Crippen LogP contribution in [-0.4, -0.2) is 87.5 Å². The molecule has 0 aromatic carbocycles. The molecule has 0 radical (unpaired) electrons. The summed E-state index contributed by atoms with van der Waals surface area (Å²) < 4.78 is 33.7. The number of hydrogen-bond donors (Lipinski definition) is 1. The average molecular weight is 320 g/mol. The lowest BCUT2D eigenvalue weighted by atomic mass is 10.3. The highest BCUT2D eigenvalue weighted by Crippen LogP contribution is 2.14. The highest BCUT2D eigenvalue weighted by molar-refractivity contribution is 7.86. The Labute approximate surface area is 128 Å². The lowest BCUT2D eigenvalue weighted by Gasteiger charge is -2.31. The SMILES string of the molecule is NCCCCN1CCCN(S(=O)(=O)N2CCOCC2)CC1. The molecule has 0 aromatic rings. The van der Waals surface area contributed by atoms with E-state index in [2.05, 4.69) is 4.90 Å². The van der Waals surface area contributed by atoms with E-state index in [0.29, 0.717) is 39.4 Å². The van der Waals surface area contributed by atoms with E-state index in [-0.39, 0.29) is 0 Å². The Balaban J connectivity index is 1.86. The number of nitrogens with two attached hydrogens (primary N) is 1. The zero-order valence-electron chi connectivity index (χ0n) is 12.7. The van der Waals surface area contributed by atoms with Gasteiger partial charge in [-0.1, -0.05) is 0 Å². The van der Waals surface area contributed by atoms with Gasteiger partial charge >= 0.3 is 0 Å². The quantitative estimate of drug-likeness (QED) is 0.656. The Hall–Kier alpha value is -0.250. The molecule has 2 saturated heterocycles. The van der Waals surface area contributed by atoms with Gasteiger partial charge in [0, 0.05) is 32.7 Å². The fourth-order valence-corrected chi connectivity index (χ4v) is 4.43. The summed E-state index contributed by atoms with van der Waals surface area (Å²) in [4.78, 5) is 2.35. The molecular formula is C13H28N4O3S. The van der Waals surface area contributed by atoms with Crippen molar-refractivity contribution in [3.8, 4) is 0 Å². The summed E-state index contributed by atoms with van der Waals surface area (Å²) in [5, 5.41) is 0. The molecule has 2 aliphatic rings. The maximum atomic E-state index is 12.6. The third kappa shape index (κ3) is 4.87. The summed E-state index contributed by atoms with van der Waals surface area (Å²) in [6.07, 6.45) is 3.02. The van der Waals surface area contributed by atoms with Crippen LogP contribution in [0.2, 0.25) is 0 Å². The third-order valence-corrected chi connectivity index (χ3v) is 6.13. The van der Waals surface area contributed by atoms with Crippen LogP contribution in [0.1, 0.15) is 19.3 Å². The van der Waals surface area contributed by atoms with Crippen LogP contribution in [0.25, 0.3) is 0 Å². The Morgan fingerprint density at radius 1 is 0.905 bits per heavy atom. The highest BCUT2D eigenvalue weighted by atomic mass is 32.2. The molecule has 7 nitrogen and oxygen atoms in total. The van der Waals surface area contributed by atoms with Gasteiger partial charge in [-0.15, -0.1) is 0 Å². The Kier molecular flexibility index (Phi) is 6.84. The Morgan fingerprint density at radius 2 is 1.62 bits per heavy atom. The zero-order valence-corrected chi connectivity index (χ0v) is 13.6. The van der Waals surface area contributed by atoms with Crippen LogP contribution in [0.5, 0.6) is 0 Å². The molecule has 0 amide bonds. The van der Waals surface area contributed by atoms with Gasteiger partial charge in [-0.2, -0.15) is 17.0 Å². The standard InChI is InChI=1S/C13H28N4O3S/c14-4-1-2-5-15-6-3-7-16(9-8-15)21(18,19)17-10-12-20-13-11-17/h1-14H2. The summed E-state index contributed by atoms with van der Waals surface area (Å²) in [5.74, 6) is 0. The first kappa shape index (κ1) is 17.1. The summed E-state index contributed by atoms with van der Waals surface area (Å²) in [5.41, 5.74) is 5.51. The van der Waals surface area contributed by atoms with Crippen LogP contribution in [0, 0.1) is 0 Å². The second-order valence-electron chi connectivity index (χ2n) is 5.61. The molecule has 2 fully saturated rings. The Morgan fingerprint density at radius 3 is 2.33 bits per heavy atom. The van der Waals surface area contributed by atoms with E-state index in [0.717, 1.165) is 45.4 Å². The van der Waals surface area contributed by atoms with Crippen LogP contribution in [-0.2, 0) is 14.9 Å². The van der Waals surface area contributed by atoms with Gasteiger partial charge in [0.15, 0.2) is 0 Å². The summed E-state index contributed by atoms with van der Waals surface area (Å²) in [6, 6.07) is 0. The number of unbranched alkanes of at least 4 members (excludes halogenated alkanes) is 1. The predicted molar refractivity (Wildman–Crippen MR) is 82.2 cm³/mol. The van der Waals surface area contributed by atoms with Crippen molar-refractivity contribution in [2.75, 3.05) is 65.6 Å². The monoisotopic (exact) mass is 320 g/mol. The van der Waals surface area contributed by atoms with Crippen molar-refractivity contribution < 1.29 is 13.2 Å². The number of hydrogen-bond acceptors (Lipinski definition) is 5. The van der Waals surface area contributed by atoms with Gasteiger partial charge in [0.2, 0.25) is 0 Å². The molecule has 8 heteroatoms. The van der Waals surface area contributed by atoms with Crippen molar-refractivity contribution in [2.24, 2.45) is 5.73 Å². The first-order valence-corrected chi connectivity index (χ1v) is 9.29. The van der Waals surface area contributed by atoms with Crippen LogP contribution >= 0.6 is 0 Å². The van der Waals surface area contributed by atoms with Crippen LogP contribution in [0.3, 0.4) is 0 Å². The van der Waals surface area contributed by atoms with E-state index < -0.39 is 10.2 Å². The average Bonchev–Trinajstić information content (AvgIpc) is 2.75. The first-order chi connectivity index (χ1) is 10.1. The van der Waals surface area contributed by atoms with Crippen LogP contribution in [0.4, 0.5) is 0 Å². The highest BCUT2D eigenvalue weighted by Gasteiger charge is 2.31. The molecule has 0 aromatic heterocycles. The number of morpholine rings is 1. The van der Waals surface area contributed by atoms with Crippen molar-refractivity contribution in [3.63, 3.8) is 0 Å². The number of nitrogens with zero attached hydrogens (tertiary/aromatic N) is 3. The van der Waals surface area contributed by atoms with Crippen molar-refractivity contribution in [3.05, 3.63) is 0 Å². The smallest absolute Gasteiger partial charge is 0.282 e. The number of ether oxygens (including phenoxy) is 1. The minimum atomic E-state index is -3.32. The third-order valence-electron chi connectivity index (χ3n) is 4.10. The van der Waals surface area contributed by atoms with E-state index in [1.807, 2.05) is 0 Å². The molecule has 21 heavy (non-hydrogen) atoms. The van der Waals surface area contributed by atoms with Gasteiger partial charge in [0.25, 0.3) is 10.2 Å². The first-order valence-electron chi connectivity index (χ1n) is 7.90. The molecule has 2 aliphatic heterocycles. The lowest BCUT2D eigenvalue weighted by Crippen LogP contribution is -2.49. The normalized spacial score (nSPS) is 24.0. The fraction of sp³-hybridized carbons (Fsp3) is 1.00. The molecule has 2 N–H and O–H groups in total. The second kappa shape index (κ2) is 8.40. The molecule has 2 rings (SSSR count). The minimum Gasteiger partial charge on any atom is -0.379 e. The second-order valence-corrected chi connectivity index (χ2v) is 7.54. The van der Waals surface area contributed by atoms with Gasteiger partial charge in [-0.3, -0.25) is 0 Å². The maximum absolute atomic E-state index is 12.6. The molecule has 0 saturated carbocycles. The zero-order chi connectivity index (χ0) is 15.1. The topological polar surface area (TPSA) is 79.1 Å². The molecule has 0 unspecified atom stereocenters. The molecule has 0 atom stereocenters. The van der Waals surface area contributed by atoms with Crippen molar-refractivity contribution in [1.29, 1.82) is 0 Å². The van der Waals surface area contributed by atoms with Crippen LogP contribution in [0.15, 0.2) is 0 Å². The van der Waals surface area contributed by atoms with E-state index >= 15 is 0 Å². The predicted octanol–water partition coefficient (Wildman–Crippen LogP) is -0.690. The van der Waals surface area contributed by atoms with Crippen molar-refractivity contribution in [1.82, 2.24) is 13.5 Å². The largest absolute Gasteiger partial charge is 0.379 e. The number of rotatable bonds is 6. The lowest BCUT2D eigenvalue weighted by molar-refractivity contribution is 0.0702. The summed E-state index contributed by atoms with van der Waals surface area (Å²) >= 11 is 0. The van der Waals surface area contributed by atoms with Gasteiger partial charge < -0.3 is 15.4 Å². The molecule has 2 heterocycles. The van der Waals surface area contributed by atoms with E-state index in [9.17, 15) is 8.42 Å². The van der Waals surface area contributed by atoms with E-state index in [1.165, 1.54) is 0 Å².